The number of rotatable bonds is 23. The molecule has 5 fully saturated rings. The number of aliphatic hydroxyl groups is 19. The van der Waals surface area contributed by atoms with Crippen LogP contribution in [0.3, 0.4) is 0 Å². The van der Waals surface area contributed by atoms with Crippen molar-refractivity contribution in [2.45, 2.75) is 199 Å². The molecule has 0 aromatic rings. The van der Waals surface area contributed by atoms with E-state index in [-0.39, 0.29) is 0 Å². The highest BCUT2D eigenvalue weighted by Crippen LogP contribution is 2.37. The van der Waals surface area contributed by atoms with Crippen LogP contribution in [-0.4, -0.2) is 333 Å². The van der Waals surface area contributed by atoms with Gasteiger partial charge in [-0.1, -0.05) is 6.92 Å². The molecule has 0 aromatic carbocycles. The first-order chi connectivity index (χ1) is 35.4. The van der Waals surface area contributed by atoms with Crippen LogP contribution in [0.4, 0.5) is 0 Å². The molecule has 12 unspecified atom stereocenters. The Balaban J connectivity index is 1.50. The predicted octanol–water partition coefficient (Wildman–Crippen LogP) is -13.5. The van der Waals surface area contributed by atoms with Gasteiger partial charge in [-0.15, -0.1) is 0 Å². The fourth-order valence-electron chi connectivity index (χ4n) is 9.20. The minimum Gasteiger partial charge on any atom is -0.396 e. The molecular weight excluding hydrogens is 1030 g/mol. The molecule has 5 aliphatic heterocycles. The summed E-state index contributed by atoms with van der Waals surface area (Å²) in [4.78, 5) is 25.6. The fourth-order valence-corrected chi connectivity index (χ4v) is 9.20. The molecule has 5 heterocycles. The van der Waals surface area contributed by atoms with Gasteiger partial charge in [-0.05, 0) is 0 Å². The second-order valence-electron chi connectivity index (χ2n) is 18.9. The van der Waals surface area contributed by atoms with Gasteiger partial charge in [0, 0.05) is 26.4 Å². The summed E-state index contributed by atoms with van der Waals surface area (Å²) in [7, 11) is 0. The molecule has 0 aliphatic carbocycles. The van der Waals surface area contributed by atoms with Gasteiger partial charge >= 0.3 is 0 Å². The molecule has 0 saturated carbocycles. The van der Waals surface area contributed by atoms with Crippen molar-refractivity contribution < 1.29 is 154 Å². The van der Waals surface area contributed by atoms with E-state index in [1.165, 1.54) is 6.92 Å². The summed E-state index contributed by atoms with van der Waals surface area (Å²) >= 11 is 0. The van der Waals surface area contributed by atoms with E-state index >= 15 is 0 Å². The highest BCUT2D eigenvalue weighted by atomic mass is 16.8. The average Bonchev–Trinajstić information content (AvgIpc) is 3.39. The highest BCUT2D eigenvalue weighted by molar-refractivity contribution is 5.73. The lowest BCUT2D eigenvalue weighted by atomic mass is 9.92. The van der Waals surface area contributed by atoms with E-state index in [0.717, 1.165) is 13.8 Å². The molecule has 33 nitrogen and oxygen atoms in total. The normalized spacial score (nSPS) is 44.7. The zero-order valence-electron chi connectivity index (χ0n) is 40.7. The SMILES string of the molecule is CC(=O)NC1[C@H](O[C@@H]2C(CO)O[C@H](O[C@H]3C(CO)O[C@@H](OC([C@H](O)C(C)CO)[C@@H](O)[C@H](O)CO)C(NC(C)=O)[C@H]3O[C@@H]3OC(CO)[C@@H](O)[C@H](O)C3O)[C@@H](O)C2O)OC(CO)[C@H](O)[C@@H]1O[C@@H]1OC(CO)[C@@H](O)[C@H](O)C1O. The van der Waals surface area contributed by atoms with Gasteiger partial charge in [0.15, 0.2) is 31.5 Å². The number of hydrogen-bond acceptors (Lipinski definition) is 31. The lowest BCUT2D eigenvalue weighted by molar-refractivity contribution is -0.389. The smallest absolute Gasteiger partial charge is 0.217 e. The first kappa shape index (κ1) is 63.6. The molecule has 21 N–H and O–H groups in total. The number of nitrogens with one attached hydrogen (secondary N) is 2. The van der Waals surface area contributed by atoms with Crippen molar-refractivity contribution in [1.29, 1.82) is 0 Å². The summed E-state index contributed by atoms with van der Waals surface area (Å²) in [5.74, 6) is -2.88. The Kier molecular flexibility index (Phi) is 24.0. The second-order valence-corrected chi connectivity index (χ2v) is 18.9. The largest absolute Gasteiger partial charge is 0.396 e. The van der Waals surface area contributed by atoms with Crippen LogP contribution in [0.5, 0.6) is 0 Å². The first-order valence-corrected chi connectivity index (χ1v) is 23.9. The summed E-state index contributed by atoms with van der Waals surface area (Å²) in [5, 5.41) is 207. The van der Waals surface area contributed by atoms with Crippen LogP contribution < -0.4 is 10.6 Å². The number of carbonyl (C=O) groups excluding carboxylic acids is 2. The molecule has 30 atom stereocenters. The van der Waals surface area contributed by atoms with E-state index in [4.69, 9.17) is 47.4 Å². The van der Waals surface area contributed by atoms with E-state index in [2.05, 4.69) is 10.6 Å². The van der Waals surface area contributed by atoms with Crippen LogP contribution in [0.25, 0.3) is 0 Å². The summed E-state index contributed by atoms with van der Waals surface area (Å²) in [6.07, 6.45) is -53.1. The van der Waals surface area contributed by atoms with E-state index in [9.17, 15) is 107 Å². The Morgan fingerprint density at radius 3 is 1.25 bits per heavy atom. The van der Waals surface area contributed by atoms with Crippen molar-refractivity contribution in [1.82, 2.24) is 10.6 Å². The van der Waals surface area contributed by atoms with Crippen LogP contribution in [-0.2, 0) is 57.0 Å². The molecule has 33 heteroatoms. The maximum atomic E-state index is 13.0. The molecule has 5 aliphatic rings. The quantitative estimate of drug-likeness (QED) is 0.0452. The molecule has 0 spiro atoms. The third-order valence-corrected chi connectivity index (χ3v) is 13.5. The van der Waals surface area contributed by atoms with Crippen LogP contribution >= 0.6 is 0 Å². The molecular formula is C42H74N2O31. The third kappa shape index (κ3) is 14.4. The van der Waals surface area contributed by atoms with Crippen molar-refractivity contribution in [3.63, 3.8) is 0 Å². The standard InChI is InChI=1S/C42H74N2O31/c1-11(4-45)22(55)37(23(56)14(54)5-46)75-39-21(44-13(3)53)36(74-41-31(64)28(61)25(58)16(7-48)68-41)34(19(10-51)69-39)72-42-32(65)29(62)33(18(9-50)70-42)71-38-20(43-12(2)52)35(26(59)17(8-49)66-38)73-40-30(63)27(60)24(57)15(6-47)67-40/h11,14-42,45-51,54-65H,4-10H2,1-3H3,(H,43,52)(H,44,53)/t11?,14-,15?,16?,17?,18?,19?,20?,21?,22-,23+,24-,25-,26+,27+,28+,29?,30?,31?,32+,33-,34+,35-,36-,37?,38+,39+,40+,41+,42-/m1/s1. The first-order valence-electron chi connectivity index (χ1n) is 23.9. The summed E-state index contributed by atoms with van der Waals surface area (Å²) < 4.78 is 58.6. The zero-order chi connectivity index (χ0) is 55.9. The fraction of sp³-hybridized carbons (Fsp3) is 0.952. The number of amides is 2. The van der Waals surface area contributed by atoms with Gasteiger partial charge in [0.2, 0.25) is 11.8 Å². The number of carbonyl (C=O) groups is 2. The Labute approximate surface area is 426 Å². The lowest BCUT2D eigenvalue weighted by Crippen LogP contribution is -2.71. The van der Waals surface area contributed by atoms with Crippen LogP contribution in [0.1, 0.15) is 20.8 Å². The molecule has 5 saturated heterocycles. The van der Waals surface area contributed by atoms with Crippen LogP contribution in [0, 0.1) is 5.92 Å². The number of ether oxygens (including phenoxy) is 10. The van der Waals surface area contributed by atoms with Crippen molar-refractivity contribution in [2.75, 3.05) is 46.2 Å². The Morgan fingerprint density at radius 2 is 0.800 bits per heavy atom. The minimum atomic E-state index is -2.32. The van der Waals surface area contributed by atoms with E-state index in [0.29, 0.717) is 0 Å². The van der Waals surface area contributed by atoms with Gasteiger partial charge < -0.3 is 155 Å². The minimum absolute atomic E-state index is 0.728. The van der Waals surface area contributed by atoms with Crippen LogP contribution in [0.2, 0.25) is 0 Å². The zero-order valence-corrected chi connectivity index (χ0v) is 40.7. The van der Waals surface area contributed by atoms with E-state index in [1.807, 2.05) is 0 Å². The van der Waals surface area contributed by atoms with Crippen molar-refractivity contribution >= 4 is 11.8 Å². The predicted molar refractivity (Wildman–Crippen MR) is 234 cm³/mol. The maximum absolute atomic E-state index is 13.0. The Hall–Kier alpha value is -2.22. The third-order valence-electron chi connectivity index (χ3n) is 13.5. The van der Waals surface area contributed by atoms with Crippen molar-refractivity contribution in [2.24, 2.45) is 5.92 Å². The second kappa shape index (κ2) is 28.3. The van der Waals surface area contributed by atoms with Gasteiger partial charge in [-0.3, -0.25) is 9.59 Å². The van der Waals surface area contributed by atoms with Gasteiger partial charge in [0.1, 0.15) is 140 Å². The van der Waals surface area contributed by atoms with Gasteiger partial charge in [0.25, 0.3) is 0 Å². The maximum Gasteiger partial charge on any atom is 0.217 e. The molecule has 0 radical (unpaired) electrons. The van der Waals surface area contributed by atoms with Crippen molar-refractivity contribution in [3.8, 4) is 0 Å². The molecule has 0 bridgehead atoms. The van der Waals surface area contributed by atoms with Gasteiger partial charge in [-0.2, -0.15) is 0 Å². The lowest BCUT2D eigenvalue weighted by Gasteiger charge is -2.51. The average molecular weight is 1100 g/mol. The summed E-state index contributed by atoms with van der Waals surface area (Å²) in [6.45, 7) is -3.64. The Bertz CT molecular complexity index is 1730. The summed E-state index contributed by atoms with van der Waals surface area (Å²) in [5.41, 5.74) is 0. The number of aliphatic hydroxyl groups excluding tert-OH is 19. The molecule has 5 rings (SSSR count). The summed E-state index contributed by atoms with van der Waals surface area (Å²) in [6, 6.07) is -3.60. The van der Waals surface area contributed by atoms with E-state index < -0.39 is 242 Å². The molecule has 75 heavy (non-hydrogen) atoms. The van der Waals surface area contributed by atoms with E-state index in [1.54, 1.807) is 0 Å². The Morgan fingerprint density at radius 1 is 0.427 bits per heavy atom. The van der Waals surface area contributed by atoms with Crippen molar-refractivity contribution in [3.05, 3.63) is 0 Å². The monoisotopic (exact) mass is 1100 g/mol. The van der Waals surface area contributed by atoms with Gasteiger partial charge in [0.05, 0.1) is 45.7 Å². The van der Waals surface area contributed by atoms with Crippen LogP contribution in [0.15, 0.2) is 0 Å². The topological polar surface area (TPSA) is 535 Å². The molecule has 0 aromatic heterocycles. The number of hydrogen-bond donors (Lipinski definition) is 21. The molecule has 2 amide bonds. The molecule has 438 valence electrons. The van der Waals surface area contributed by atoms with Gasteiger partial charge in [-0.25, -0.2) is 0 Å². The highest BCUT2D eigenvalue weighted by Gasteiger charge is 2.58.